The summed E-state index contributed by atoms with van der Waals surface area (Å²) in [4.78, 5) is 0. The third-order valence-corrected chi connectivity index (χ3v) is 11.2. The van der Waals surface area contributed by atoms with E-state index < -0.39 is 0 Å². The van der Waals surface area contributed by atoms with E-state index in [9.17, 15) is 0 Å². The molecule has 4 saturated carbocycles. The predicted molar refractivity (Wildman–Crippen MR) is 136 cm³/mol. The first kappa shape index (κ1) is 24.4. The summed E-state index contributed by atoms with van der Waals surface area (Å²) in [6, 6.07) is 0. The molecular weight excluding hydrogens is 392 g/mol. The van der Waals surface area contributed by atoms with Crippen molar-refractivity contribution < 1.29 is 0 Å². The monoisotopic (exact) mass is 444 g/mol. The lowest BCUT2D eigenvalue weighted by atomic mass is 9.41. The van der Waals surface area contributed by atoms with E-state index in [1.165, 1.54) is 77.0 Å². The maximum absolute atomic E-state index is 6.19. The highest BCUT2D eigenvalue weighted by molar-refractivity contribution is 5.77. The fraction of sp³-hybridized carbons (Fsp3) is 0.964. The van der Waals surface area contributed by atoms with E-state index in [1.807, 2.05) is 6.92 Å². The van der Waals surface area contributed by atoms with Gasteiger partial charge in [0.1, 0.15) is 5.84 Å². The molecular formula is C28H52N4. The zero-order valence-corrected chi connectivity index (χ0v) is 21.8. The fourth-order valence-electron chi connectivity index (χ4n) is 9.86. The van der Waals surface area contributed by atoms with Crippen LogP contribution in [0.15, 0.2) is 5.10 Å². The molecule has 0 aromatic heterocycles. The largest absolute Gasteiger partial charge is 0.386 e. The number of hydrazone groups is 1. The lowest BCUT2D eigenvalue weighted by Crippen LogP contribution is -2.57. The molecule has 0 aromatic rings. The van der Waals surface area contributed by atoms with E-state index in [0.29, 0.717) is 22.6 Å². The van der Waals surface area contributed by atoms with Crippen LogP contribution in [0.25, 0.3) is 0 Å². The number of hydrazine groups is 1. The number of amidine groups is 1. The van der Waals surface area contributed by atoms with Gasteiger partial charge in [-0.2, -0.15) is 0 Å². The third kappa shape index (κ3) is 4.34. The number of fused-ring (bicyclic) bond motifs is 5. The molecule has 0 saturated heterocycles. The van der Waals surface area contributed by atoms with Crippen molar-refractivity contribution in [2.45, 2.75) is 112 Å². The average molecular weight is 445 g/mol. The summed E-state index contributed by atoms with van der Waals surface area (Å²) in [7, 11) is 0. The van der Waals surface area contributed by atoms with Crippen molar-refractivity contribution in [2.24, 2.45) is 68.9 Å². The second-order valence-corrected chi connectivity index (χ2v) is 13.0. The van der Waals surface area contributed by atoms with Crippen molar-refractivity contribution in [1.82, 2.24) is 5.12 Å². The summed E-state index contributed by atoms with van der Waals surface area (Å²) in [5.41, 5.74) is 6.87. The summed E-state index contributed by atoms with van der Waals surface area (Å²) in [6.45, 7) is 12.8. The van der Waals surface area contributed by atoms with Gasteiger partial charge >= 0.3 is 0 Å². The third-order valence-electron chi connectivity index (χ3n) is 11.2. The van der Waals surface area contributed by atoms with Gasteiger partial charge in [0.25, 0.3) is 0 Å². The molecule has 0 radical (unpaired) electrons. The van der Waals surface area contributed by atoms with Crippen LogP contribution in [-0.2, 0) is 0 Å². The first-order valence-corrected chi connectivity index (χ1v) is 14.0. The molecule has 4 N–H and O–H groups in total. The van der Waals surface area contributed by atoms with Crippen molar-refractivity contribution in [3.05, 3.63) is 0 Å². The Morgan fingerprint density at radius 2 is 1.75 bits per heavy atom. The molecule has 4 heteroatoms. The van der Waals surface area contributed by atoms with Crippen LogP contribution < -0.4 is 11.6 Å². The van der Waals surface area contributed by atoms with Gasteiger partial charge in [0.15, 0.2) is 0 Å². The maximum atomic E-state index is 6.19. The minimum absolute atomic E-state index is 0.476. The summed E-state index contributed by atoms with van der Waals surface area (Å²) in [5, 5.41) is 5.88. The Morgan fingerprint density at radius 3 is 2.47 bits per heavy atom. The second kappa shape index (κ2) is 9.47. The van der Waals surface area contributed by atoms with Crippen LogP contribution in [0.4, 0.5) is 0 Å². The summed E-state index contributed by atoms with van der Waals surface area (Å²) < 4.78 is 0. The standard InChI is InChI=1S/C28H52N4/c1-6-8-21-13-15-27(4)22(17-21)11-12-23-25-10-7-9-24(28(25,5)16-14-26(23)27)19(2)18-32(30)31-20(3)29/h19,21-26H,6-18,30H2,1-5H3,(H2,29,31)/t19?,21?,22?,23?,24-,25?,26?,27?,28?/m1/s1. The van der Waals surface area contributed by atoms with Crippen LogP contribution in [-0.4, -0.2) is 17.5 Å². The molecule has 184 valence electrons. The van der Waals surface area contributed by atoms with Crippen LogP contribution in [0.3, 0.4) is 0 Å². The Labute approximate surface area is 198 Å². The second-order valence-electron chi connectivity index (χ2n) is 13.0. The Bertz CT molecular complexity index is 672. The van der Waals surface area contributed by atoms with Gasteiger partial charge in [0, 0.05) is 0 Å². The molecule has 4 fully saturated rings. The van der Waals surface area contributed by atoms with E-state index in [2.05, 4.69) is 32.8 Å². The van der Waals surface area contributed by atoms with E-state index in [4.69, 9.17) is 11.6 Å². The summed E-state index contributed by atoms with van der Waals surface area (Å²) in [5.74, 6) is 12.9. The molecule has 8 unspecified atom stereocenters. The van der Waals surface area contributed by atoms with Crippen molar-refractivity contribution >= 4 is 5.84 Å². The molecule has 0 spiro atoms. The minimum atomic E-state index is 0.476. The van der Waals surface area contributed by atoms with E-state index in [1.54, 1.807) is 5.12 Å². The summed E-state index contributed by atoms with van der Waals surface area (Å²) in [6.07, 6.45) is 17.5. The Hall–Kier alpha value is -0.770. The highest BCUT2D eigenvalue weighted by Gasteiger charge is 2.59. The van der Waals surface area contributed by atoms with Crippen molar-refractivity contribution in [3.8, 4) is 0 Å². The maximum Gasteiger partial charge on any atom is 0.118 e. The molecule has 4 rings (SSSR count). The predicted octanol–water partition coefficient (Wildman–Crippen LogP) is 6.56. The highest BCUT2D eigenvalue weighted by atomic mass is 15.6. The molecule has 9 atom stereocenters. The van der Waals surface area contributed by atoms with Crippen molar-refractivity contribution in [1.29, 1.82) is 0 Å². The number of rotatable bonds is 6. The molecule has 32 heavy (non-hydrogen) atoms. The van der Waals surface area contributed by atoms with Gasteiger partial charge in [-0.15, -0.1) is 5.10 Å². The van der Waals surface area contributed by atoms with Crippen molar-refractivity contribution in [3.63, 3.8) is 0 Å². The number of hydrogen-bond donors (Lipinski definition) is 2. The first-order valence-electron chi connectivity index (χ1n) is 14.0. The number of nitrogens with two attached hydrogens (primary N) is 2. The molecule has 4 nitrogen and oxygen atoms in total. The summed E-state index contributed by atoms with van der Waals surface area (Å²) >= 11 is 0. The molecule has 4 aliphatic rings. The van der Waals surface area contributed by atoms with Crippen LogP contribution in [0.5, 0.6) is 0 Å². The number of hydrogen-bond acceptors (Lipinski definition) is 3. The molecule has 0 aliphatic heterocycles. The Kier molecular flexibility index (Phi) is 7.21. The zero-order chi connectivity index (χ0) is 23.1. The van der Waals surface area contributed by atoms with Gasteiger partial charge in [-0.05, 0) is 117 Å². The zero-order valence-electron chi connectivity index (χ0n) is 21.8. The normalized spacial score (nSPS) is 45.4. The Balaban J connectivity index is 1.49. The number of nitrogens with zero attached hydrogens (tertiary/aromatic N) is 2. The highest BCUT2D eigenvalue weighted by Crippen LogP contribution is 2.67. The van der Waals surface area contributed by atoms with Gasteiger partial charge in [-0.25, -0.2) is 11.0 Å². The van der Waals surface area contributed by atoms with Crippen LogP contribution in [0.1, 0.15) is 112 Å². The van der Waals surface area contributed by atoms with E-state index >= 15 is 0 Å². The smallest absolute Gasteiger partial charge is 0.118 e. The fourth-order valence-corrected chi connectivity index (χ4v) is 9.86. The SMILES string of the molecule is CCCC1CCC2(C)C(CCC3C2CCC2(C)C3CCC[C@@H]2C(C)CN(N)/N=C(/C)N)C1. The minimum Gasteiger partial charge on any atom is -0.386 e. The average Bonchev–Trinajstić information content (AvgIpc) is 2.72. The Morgan fingerprint density at radius 1 is 1.03 bits per heavy atom. The molecule has 0 amide bonds. The first-order chi connectivity index (χ1) is 15.2. The molecule has 0 heterocycles. The van der Waals surface area contributed by atoms with Gasteiger partial charge in [0.2, 0.25) is 0 Å². The molecule has 0 bridgehead atoms. The molecule has 4 aliphatic carbocycles. The van der Waals surface area contributed by atoms with E-state index in [0.717, 1.165) is 42.1 Å². The molecule has 0 aromatic carbocycles. The van der Waals surface area contributed by atoms with Crippen molar-refractivity contribution in [2.75, 3.05) is 6.54 Å². The quantitative estimate of drug-likeness (QED) is 0.211. The lowest BCUT2D eigenvalue weighted by Gasteiger charge is -2.64. The van der Waals surface area contributed by atoms with E-state index in [-0.39, 0.29) is 0 Å². The van der Waals surface area contributed by atoms with Crippen LogP contribution in [0.2, 0.25) is 0 Å². The van der Waals surface area contributed by atoms with Crippen LogP contribution >= 0.6 is 0 Å². The van der Waals surface area contributed by atoms with Gasteiger partial charge < -0.3 is 5.73 Å². The van der Waals surface area contributed by atoms with Gasteiger partial charge in [0.05, 0.1) is 6.54 Å². The van der Waals surface area contributed by atoms with Gasteiger partial charge in [-0.3, -0.25) is 0 Å². The van der Waals surface area contributed by atoms with Crippen LogP contribution in [0, 0.1) is 52.3 Å². The lowest BCUT2D eigenvalue weighted by molar-refractivity contribution is -0.153. The van der Waals surface area contributed by atoms with Gasteiger partial charge in [-0.1, -0.05) is 47.0 Å². The topological polar surface area (TPSA) is 67.6 Å².